The molecule has 0 heterocycles. The van der Waals surface area contributed by atoms with Crippen LogP contribution in [0.5, 0.6) is 0 Å². The Bertz CT molecular complexity index is 202. The summed E-state index contributed by atoms with van der Waals surface area (Å²) in [4.78, 5) is 11.5. The Morgan fingerprint density at radius 1 is 1.19 bits per heavy atom. The van der Waals surface area contributed by atoms with Gasteiger partial charge in [-0.2, -0.15) is 0 Å². The number of rotatable bonds is 7. The standard InChI is InChI=1S/C13H27NO2/c1-6-16-12(15)9-13(14,7-10(2)3)8-11(4)5/h10-11H,6-9,14H2,1-5H3. The summed E-state index contributed by atoms with van der Waals surface area (Å²) in [5.74, 6) is 0.822. The van der Waals surface area contributed by atoms with E-state index in [0.717, 1.165) is 12.8 Å². The summed E-state index contributed by atoms with van der Waals surface area (Å²) in [5.41, 5.74) is 5.92. The Morgan fingerprint density at radius 2 is 1.62 bits per heavy atom. The molecule has 96 valence electrons. The second kappa shape index (κ2) is 6.89. The second-order valence-corrected chi connectivity index (χ2v) is 5.54. The van der Waals surface area contributed by atoms with Crippen molar-refractivity contribution in [1.82, 2.24) is 0 Å². The van der Waals surface area contributed by atoms with Crippen LogP contribution in [0.1, 0.15) is 53.9 Å². The maximum atomic E-state index is 11.5. The smallest absolute Gasteiger partial charge is 0.307 e. The average molecular weight is 229 g/mol. The van der Waals surface area contributed by atoms with Gasteiger partial charge in [-0.1, -0.05) is 27.7 Å². The molecule has 0 rings (SSSR count). The Kier molecular flexibility index (Phi) is 6.65. The summed E-state index contributed by atoms with van der Waals surface area (Å²) in [5, 5.41) is 0. The minimum atomic E-state index is -0.408. The fraction of sp³-hybridized carbons (Fsp3) is 0.923. The quantitative estimate of drug-likeness (QED) is 0.683. The highest BCUT2D eigenvalue weighted by Crippen LogP contribution is 2.26. The van der Waals surface area contributed by atoms with Gasteiger partial charge in [-0.15, -0.1) is 0 Å². The molecule has 3 nitrogen and oxygen atoms in total. The van der Waals surface area contributed by atoms with Crippen LogP contribution in [0.25, 0.3) is 0 Å². The number of carbonyl (C=O) groups is 1. The third-order valence-electron chi connectivity index (χ3n) is 2.43. The van der Waals surface area contributed by atoms with E-state index in [-0.39, 0.29) is 5.97 Å². The van der Waals surface area contributed by atoms with Crippen LogP contribution in [-0.4, -0.2) is 18.1 Å². The molecule has 0 aromatic heterocycles. The topological polar surface area (TPSA) is 52.3 Å². The largest absolute Gasteiger partial charge is 0.466 e. The van der Waals surface area contributed by atoms with E-state index >= 15 is 0 Å². The van der Waals surface area contributed by atoms with E-state index in [0.29, 0.717) is 24.9 Å². The first kappa shape index (κ1) is 15.4. The SMILES string of the molecule is CCOC(=O)CC(N)(CC(C)C)CC(C)C. The van der Waals surface area contributed by atoms with Crippen molar-refractivity contribution < 1.29 is 9.53 Å². The van der Waals surface area contributed by atoms with Gasteiger partial charge in [0, 0.05) is 5.54 Å². The van der Waals surface area contributed by atoms with E-state index in [1.807, 2.05) is 6.92 Å². The summed E-state index contributed by atoms with van der Waals surface area (Å²) in [6.07, 6.45) is 2.06. The Morgan fingerprint density at radius 3 is 1.94 bits per heavy atom. The normalized spacial score (nSPS) is 12.2. The lowest BCUT2D eigenvalue weighted by Crippen LogP contribution is -2.44. The monoisotopic (exact) mass is 229 g/mol. The summed E-state index contributed by atoms with van der Waals surface area (Å²) in [6.45, 7) is 10.8. The van der Waals surface area contributed by atoms with Gasteiger partial charge in [0.25, 0.3) is 0 Å². The third kappa shape index (κ3) is 6.83. The summed E-state index contributed by atoms with van der Waals surface area (Å²) >= 11 is 0. The maximum absolute atomic E-state index is 11.5. The van der Waals surface area contributed by atoms with Crippen LogP contribution in [0.15, 0.2) is 0 Å². The van der Waals surface area contributed by atoms with Gasteiger partial charge >= 0.3 is 5.97 Å². The first-order chi connectivity index (χ1) is 7.29. The molecule has 0 unspecified atom stereocenters. The van der Waals surface area contributed by atoms with Gasteiger partial charge in [-0.3, -0.25) is 4.79 Å². The molecule has 0 spiro atoms. The molecule has 0 bridgehead atoms. The molecule has 0 saturated carbocycles. The van der Waals surface area contributed by atoms with Crippen LogP contribution in [0.3, 0.4) is 0 Å². The van der Waals surface area contributed by atoms with Crippen molar-refractivity contribution >= 4 is 5.97 Å². The van der Waals surface area contributed by atoms with Gasteiger partial charge in [0.05, 0.1) is 13.0 Å². The van der Waals surface area contributed by atoms with E-state index < -0.39 is 5.54 Å². The van der Waals surface area contributed by atoms with Gasteiger partial charge in [-0.25, -0.2) is 0 Å². The number of esters is 1. The minimum absolute atomic E-state index is 0.175. The Balaban J connectivity index is 4.45. The highest BCUT2D eigenvalue weighted by Gasteiger charge is 2.30. The zero-order valence-electron chi connectivity index (χ0n) is 11.4. The van der Waals surface area contributed by atoms with Gasteiger partial charge in [0.15, 0.2) is 0 Å². The van der Waals surface area contributed by atoms with Crippen molar-refractivity contribution in [3.05, 3.63) is 0 Å². The van der Waals surface area contributed by atoms with Crippen molar-refractivity contribution in [2.24, 2.45) is 17.6 Å². The maximum Gasteiger partial charge on any atom is 0.307 e. The lowest BCUT2D eigenvalue weighted by Gasteiger charge is -2.32. The number of hydrogen-bond donors (Lipinski definition) is 1. The van der Waals surface area contributed by atoms with Crippen molar-refractivity contribution in [1.29, 1.82) is 0 Å². The Labute approximate surface area is 99.7 Å². The first-order valence-corrected chi connectivity index (χ1v) is 6.23. The molecule has 0 aliphatic heterocycles. The zero-order chi connectivity index (χ0) is 12.8. The highest BCUT2D eigenvalue weighted by molar-refractivity contribution is 5.70. The summed E-state index contributed by atoms with van der Waals surface area (Å²) in [7, 11) is 0. The molecule has 16 heavy (non-hydrogen) atoms. The molecule has 0 fully saturated rings. The lowest BCUT2D eigenvalue weighted by molar-refractivity contribution is -0.144. The molecule has 3 heteroatoms. The molecule has 2 N–H and O–H groups in total. The van der Waals surface area contributed by atoms with E-state index in [1.54, 1.807) is 0 Å². The molecule has 0 amide bonds. The highest BCUT2D eigenvalue weighted by atomic mass is 16.5. The van der Waals surface area contributed by atoms with Crippen LogP contribution in [-0.2, 0) is 9.53 Å². The molecule has 0 aliphatic carbocycles. The molecule has 0 aromatic carbocycles. The van der Waals surface area contributed by atoms with Crippen molar-refractivity contribution in [3.8, 4) is 0 Å². The van der Waals surface area contributed by atoms with Gasteiger partial charge in [0.1, 0.15) is 0 Å². The van der Waals surface area contributed by atoms with Crippen molar-refractivity contribution in [2.75, 3.05) is 6.61 Å². The Hall–Kier alpha value is -0.570. The fourth-order valence-electron chi connectivity index (χ4n) is 2.35. The zero-order valence-corrected chi connectivity index (χ0v) is 11.4. The predicted molar refractivity (Wildman–Crippen MR) is 67.1 cm³/mol. The van der Waals surface area contributed by atoms with Crippen LogP contribution in [0.4, 0.5) is 0 Å². The third-order valence-corrected chi connectivity index (χ3v) is 2.43. The molecule has 0 saturated heterocycles. The summed E-state index contributed by atoms with van der Waals surface area (Å²) < 4.78 is 4.98. The van der Waals surface area contributed by atoms with E-state index in [1.165, 1.54) is 0 Å². The van der Waals surface area contributed by atoms with Crippen LogP contribution >= 0.6 is 0 Å². The van der Waals surface area contributed by atoms with Crippen LogP contribution in [0.2, 0.25) is 0 Å². The summed E-state index contributed by atoms with van der Waals surface area (Å²) in [6, 6.07) is 0. The number of carbonyl (C=O) groups excluding carboxylic acids is 1. The van der Waals surface area contributed by atoms with Crippen molar-refractivity contribution in [2.45, 2.75) is 59.4 Å². The predicted octanol–water partition coefficient (Wildman–Crippen LogP) is 2.73. The van der Waals surface area contributed by atoms with E-state index in [9.17, 15) is 4.79 Å². The molecule has 0 aliphatic rings. The van der Waals surface area contributed by atoms with Gasteiger partial charge in [-0.05, 0) is 31.6 Å². The first-order valence-electron chi connectivity index (χ1n) is 6.23. The van der Waals surface area contributed by atoms with Gasteiger partial charge < -0.3 is 10.5 Å². The molecule has 0 atom stereocenters. The average Bonchev–Trinajstić information content (AvgIpc) is 1.98. The molecule has 0 radical (unpaired) electrons. The molecular weight excluding hydrogens is 202 g/mol. The van der Waals surface area contributed by atoms with Gasteiger partial charge in [0.2, 0.25) is 0 Å². The van der Waals surface area contributed by atoms with Crippen molar-refractivity contribution in [3.63, 3.8) is 0 Å². The van der Waals surface area contributed by atoms with Crippen LogP contribution < -0.4 is 5.73 Å². The lowest BCUT2D eigenvalue weighted by atomic mass is 9.80. The number of hydrogen-bond acceptors (Lipinski definition) is 3. The van der Waals surface area contributed by atoms with E-state index in [4.69, 9.17) is 10.5 Å². The minimum Gasteiger partial charge on any atom is -0.466 e. The number of nitrogens with two attached hydrogens (primary N) is 1. The molecular formula is C13H27NO2. The van der Waals surface area contributed by atoms with Crippen LogP contribution in [0, 0.1) is 11.8 Å². The fourth-order valence-corrected chi connectivity index (χ4v) is 2.35. The van der Waals surface area contributed by atoms with E-state index in [2.05, 4.69) is 27.7 Å². The number of ether oxygens (including phenoxy) is 1. The molecule has 0 aromatic rings. The second-order valence-electron chi connectivity index (χ2n) is 5.54.